The molecule has 0 atom stereocenters. The summed E-state index contributed by atoms with van der Waals surface area (Å²) in [5, 5.41) is 3.39. The minimum absolute atomic E-state index is 1.09. The van der Waals surface area contributed by atoms with Crippen molar-refractivity contribution in [1.29, 1.82) is 0 Å². The molecule has 1 aliphatic rings. The highest BCUT2D eigenvalue weighted by Crippen LogP contribution is 2.35. The fourth-order valence-electron chi connectivity index (χ4n) is 1.51. The van der Waals surface area contributed by atoms with Gasteiger partial charge in [0.05, 0.1) is 5.69 Å². The van der Waals surface area contributed by atoms with Gasteiger partial charge in [-0.3, -0.25) is 0 Å². The second-order valence-electron chi connectivity index (χ2n) is 2.91. The molecule has 0 fully saturated rings. The summed E-state index contributed by atoms with van der Waals surface area (Å²) < 4.78 is 2.38. The highest BCUT2D eigenvalue weighted by atomic mass is 79.9. The van der Waals surface area contributed by atoms with Crippen molar-refractivity contribution < 1.29 is 0 Å². The van der Waals surface area contributed by atoms with E-state index in [2.05, 4.69) is 49.3 Å². The van der Waals surface area contributed by atoms with Gasteiger partial charge in [0.1, 0.15) is 0 Å². The summed E-state index contributed by atoms with van der Waals surface area (Å²) in [5.41, 5.74) is 2.66. The van der Waals surface area contributed by atoms with Crippen molar-refractivity contribution in [3.05, 3.63) is 26.6 Å². The Balaban J connectivity index is 2.57. The van der Waals surface area contributed by atoms with E-state index >= 15 is 0 Å². The third kappa shape index (κ3) is 1.40. The molecule has 1 heterocycles. The molecular weight excluding hydrogens is 282 g/mol. The summed E-state index contributed by atoms with van der Waals surface area (Å²) in [7, 11) is 0. The number of nitrogens with one attached hydrogen (secondary N) is 1. The summed E-state index contributed by atoms with van der Waals surface area (Å²) in [6, 6.07) is 4.16. The van der Waals surface area contributed by atoms with Crippen molar-refractivity contribution >= 4 is 37.5 Å². The Labute approximate surface area is 88.8 Å². The first-order chi connectivity index (χ1) is 5.79. The van der Waals surface area contributed by atoms with Crippen molar-refractivity contribution in [2.75, 3.05) is 11.9 Å². The van der Waals surface area contributed by atoms with Crippen LogP contribution in [0.2, 0.25) is 0 Å². The monoisotopic (exact) mass is 289 g/mol. The molecule has 0 amide bonds. The van der Waals surface area contributed by atoms with Gasteiger partial charge in [-0.05, 0) is 46.5 Å². The topological polar surface area (TPSA) is 12.0 Å². The lowest BCUT2D eigenvalue weighted by Gasteiger charge is -2.20. The average Bonchev–Trinajstić information content (AvgIpc) is 2.12. The normalized spacial score (nSPS) is 15.2. The van der Waals surface area contributed by atoms with Crippen LogP contribution in [-0.2, 0) is 6.42 Å². The van der Waals surface area contributed by atoms with Gasteiger partial charge in [-0.25, -0.2) is 0 Å². The van der Waals surface area contributed by atoms with Crippen LogP contribution in [0.5, 0.6) is 0 Å². The molecule has 1 aliphatic heterocycles. The Morgan fingerprint density at radius 1 is 1.17 bits per heavy atom. The van der Waals surface area contributed by atoms with E-state index in [0.29, 0.717) is 0 Å². The van der Waals surface area contributed by atoms with E-state index in [-0.39, 0.29) is 0 Å². The molecule has 0 saturated carbocycles. The number of hydrogen-bond acceptors (Lipinski definition) is 1. The van der Waals surface area contributed by atoms with Crippen LogP contribution in [0.15, 0.2) is 21.1 Å². The second kappa shape index (κ2) is 3.38. The van der Waals surface area contributed by atoms with Gasteiger partial charge in [-0.2, -0.15) is 0 Å². The number of fused-ring (bicyclic) bond motifs is 1. The predicted octanol–water partition coefficient (Wildman–Crippen LogP) is 3.57. The molecule has 0 spiro atoms. The Kier molecular flexibility index (Phi) is 2.42. The van der Waals surface area contributed by atoms with Gasteiger partial charge in [0.25, 0.3) is 0 Å². The second-order valence-corrected chi connectivity index (χ2v) is 4.62. The van der Waals surface area contributed by atoms with E-state index in [1.165, 1.54) is 33.0 Å². The Hall–Kier alpha value is -0.0200. The van der Waals surface area contributed by atoms with Gasteiger partial charge in [-0.15, -0.1) is 0 Å². The average molecular weight is 291 g/mol. The first kappa shape index (κ1) is 8.57. The van der Waals surface area contributed by atoms with Gasteiger partial charge >= 0.3 is 0 Å². The van der Waals surface area contributed by atoms with Gasteiger partial charge in [-0.1, -0.05) is 15.9 Å². The summed E-state index contributed by atoms with van der Waals surface area (Å²) in [6.45, 7) is 1.09. The molecule has 1 N–H and O–H groups in total. The van der Waals surface area contributed by atoms with Crippen molar-refractivity contribution in [3.8, 4) is 0 Å². The fourth-order valence-corrected chi connectivity index (χ4v) is 2.55. The third-order valence-electron chi connectivity index (χ3n) is 2.11. The zero-order chi connectivity index (χ0) is 8.55. The lowest BCUT2D eigenvalue weighted by atomic mass is 10.0. The van der Waals surface area contributed by atoms with Crippen LogP contribution in [0.1, 0.15) is 12.0 Å². The number of rotatable bonds is 0. The molecule has 0 aromatic heterocycles. The van der Waals surface area contributed by atoms with Crippen LogP contribution in [-0.4, -0.2) is 6.54 Å². The van der Waals surface area contributed by atoms with Crippen LogP contribution in [0, 0.1) is 0 Å². The molecule has 0 saturated heterocycles. The SMILES string of the molecule is Brc1ccc(Br)c2c1CCCN2. The Morgan fingerprint density at radius 3 is 2.67 bits per heavy atom. The lowest BCUT2D eigenvalue weighted by molar-refractivity contribution is 0.825. The van der Waals surface area contributed by atoms with Crippen molar-refractivity contribution in [1.82, 2.24) is 0 Å². The minimum Gasteiger partial charge on any atom is -0.384 e. The van der Waals surface area contributed by atoms with Crippen LogP contribution in [0.4, 0.5) is 5.69 Å². The molecule has 0 radical (unpaired) electrons. The Morgan fingerprint density at radius 2 is 1.92 bits per heavy atom. The van der Waals surface area contributed by atoms with Gasteiger partial charge in [0, 0.05) is 15.5 Å². The number of anilines is 1. The molecule has 2 rings (SSSR count). The van der Waals surface area contributed by atoms with E-state index in [9.17, 15) is 0 Å². The van der Waals surface area contributed by atoms with E-state index in [1.807, 2.05) is 0 Å². The quantitative estimate of drug-likeness (QED) is 0.770. The summed E-state index contributed by atoms with van der Waals surface area (Å²) in [6.07, 6.45) is 2.39. The lowest BCUT2D eigenvalue weighted by Crippen LogP contribution is -2.12. The highest BCUT2D eigenvalue weighted by molar-refractivity contribution is 9.11. The number of hydrogen-bond donors (Lipinski definition) is 1. The largest absolute Gasteiger partial charge is 0.384 e. The van der Waals surface area contributed by atoms with Gasteiger partial charge in [0.15, 0.2) is 0 Å². The molecule has 1 aromatic carbocycles. The van der Waals surface area contributed by atoms with E-state index in [1.54, 1.807) is 0 Å². The maximum Gasteiger partial charge on any atom is 0.0528 e. The third-order valence-corrected chi connectivity index (χ3v) is 3.51. The molecule has 12 heavy (non-hydrogen) atoms. The maximum absolute atomic E-state index is 3.56. The summed E-state index contributed by atoms with van der Waals surface area (Å²) >= 11 is 7.09. The molecule has 1 nitrogen and oxygen atoms in total. The zero-order valence-corrected chi connectivity index (χ0v) is 9.70. The van der Waals surface area contributed by atoms with Crippen molar-refractivity contribution in [2.24, 2.45) is 0 Å². The van der Waals surface area contributed by atoms with Crippen molar-refractivity contribution in [2.45, 2.75) is 12.8 Å². The first-order valence-corrected chi connectivity index (χ1v) is 5.58. The van der Waals surface area contributed by atoms with Gasteiger partial charge < -0.3 is 5.32 Å². The van der Waals surface area contributed by atoms with Gasteiger partial charge in [0.2, 0.25) is 0 Å². The fraction of sp³-hybridized carbons (Fsp3) is 0.333. The van der Waals surface area contributed by atoms with E-state index in [0.717, 1.165) is 6.54 Å². The smallest absolute Gasteiger partial charge is 0.0528 e. The maximum atomic E-state index is 3.56. The van der Waals surface area contributed by atoms with Crippen LogP contribution < -0.4 is 5.32 Å². The number of halogens is 2. The standard InChI is InChI=1S/C9H9Br2N/c10-7-3-4-8(11)9-6(7)2-1-5-12-9/h3-4,12H,1-2,5H2. The molecule has 0 bridgehead atoms. The molecule has 64 valence electrons. The van der Waals surface area contributed by atoms with Crippen molar-refractivity contribution in [3.63, 3.8) is 0 Å². The molecule has 3 heteroatoms. The van der Waals surface area contributed by atoms with Crippen LogP contribution in [0.25, 0.3) is 0 Å². The Bertz CT molecular complexity index is 279. The molecule has 0 aliphatic carbocycles. The first-order valence-electron chi connectivity index (χ1n) is 4.00. The summed E-state index contributed by atoms with van der Waals surface area (Å²) in [4.78, 5) is 0. The summed E-state index contributed by atoms with van der Waals surface area (Å²) in [5.74, 6) is 0. The molecule has 0 unspecified atom stereocenters. The van der Waals surface area contributed by atoms with E-state index in [4.69, 9.17) is 0 Å². The predicted molar refractivity (Wildman–Crippen MR) is 58.7 cm³/mol. The van der Waals surface area contributed by atoms with E-state index < -0.39 is 0 Å². The van der Waals surface area contributed by atoms with Crippen LogP contribution in [0.3, 0.4) is 0 Å². The molecular formula is C9H9Br2N. The highest BCUT2D eigenvalue weighted by Gasteiger charge is 2.13. The molecule has 1 aromatic rings. The number of benzene rings is 1. The van der Waals surface area contributed by atoms with Crippen LogP contribution >= 0.6 is 31.9 Å². The minimum atomic E-state index is 1.09. The zero-order valence-electron chi connectivity index (χ0n) is 6.53.